The van der Waals surface area contributed by atoms with Crippen molar-refractivity contribution in [2.24, 2.45) is 5.92 Å². The number of rotatable bonds is 11. The van der Waals surface area contributed by atoms with E-state index in [0.29, 0.717) is 29.9 Å². The van der Waals surface area contributed by atoms with Crippen LogP contribution in [-0.4, -0.2) is 35.6 Å². The van der Waals surface area contributed by atoms with Gasteiger partial charge in [0.25, 0.3) is 0 Å². The summed E-state index contributed by atoms with van der Waals surface area (Å²) in [6, 6.07) is 8.26. The second kappa shape index (κ2) is 11.7. The normalized spacial score (nSPS) is 13.8. The zero-order valence-electron chi connectivity index (χ0n) is 19.2. The summed E-state index contributed by atoms with van der Waals surface area (Å²) in [5.41, 5.74) is 0.478. The van der Waals surface area contributed by atoms with Crippen molar-refractivity contribution in [3.05, 3.63) is 81.1 Å². The van der Waals surface area contributed by atoms with Crippen LogP contribution in [0.25, 0.3) is 0 Å². The Labute approximate surface area is 220 Å². The third-order valence-electron chi connectivity index (χ3n) is 5.73. The number of ether oxygens (including phenoxy) is 3. The van der Waals surface area contributed by atoms with Gasteiger partial charge in [-0.1, -0.05) is 35.3 Å². The van der Waals surface area contributed by atoms with Gasteiger partial charge in [-0.3, -0.25) is 9.78 Å². The number of alkyl halides is 2. The van der Waals surface area contributed by atoms with Crippen LogP contribution in [0.4, 0.5) is 8.78 Å². The number of aromatic hydroxyl groups is 1. The number of nitrogens with zero attached hydrogens (tertiary/aromatic N) is 1. The van der Waals surface area contributed by atoms with Gasteiger partial charge in [-0.15, -0.1) is 0 Å². The van der Waals surface area contributed by atoms with Gasteiger partial charge in [-0.2, -0.15) is 8.78 Å². The Balaban J connectivity index is 1.71. The van der Waals surface area contributed by atoms with Crippen molar-refractivity contribution in [1.82, 2.24) is 4.98 Å². The molecule has 1 N–H and O–H groups in total. The predicted octanol–water partition coefficient (Wildman–Crippen LogP) is 6.44. The number of carbonyl (C=O) groups excluding carboxylic acids is 2. The average molecular weight is 552 g/mol. The van der Waals surface area contributed by atoms with Crippen LogP contribution in [0.1, 0.15) is 50.8 Å². The van der Waals surface area contributed by atoms with Crippen LogP contribution >= 0.6 is 23.2 Å². The van der Waals surface area contributed by atoms with Crippen molar-refractivity contribution in [1.29, 1.82) is 0 Å². The molecule has 0 unspecified atom stereocenters. The predicted molar refractivity (Wildman–Crippen MR) is 131 cm³/mol. The van der Waals surface area contributed by atoms with Gasteiger partial charge in [0.1, 0.15) is 17.4 Å². The lowest BCUT2D eigenvalue weighted by Gasteiger charge is -2.22. The highest BCUT2D eigenvalue weighted by atomic mass is 35.5. The number of aromatic nitrogens is 1. The van der Waals surface area contributed by atoms with Gasteiger partial charge >= 0.3 is 12.6 Å². The second-order valence-corrected chi connectivity index (χ2v) is 9.19. The van der Waals surface area contributed by atoms with Crippen LogP contribution in [0.15, 0.2) is 48.8 Å². The maximum absolute atomic E-state index is 13.1. The molecule has 2 aromatic carbocycles. The molecule has 3 aromatic rings. The highest BCUT2D eigenvalue weighted by Gasteiger charge is 2.27. The molecule has 11 heteroatoms. The summed E-state index contributed by atoms with van der Waals surface area (Å²) in [4.78, 5) is 28.2. The van der Waals surface area contributed by atoms with Crippen molar-refractivity contribution < 1.29 is 37.7 Å². The average Bonchev–Trinajstić information content (AvgIpc) is 3.69. The van der Waals surface area contributed by atoms with Crippen LogP contribution in [0.2, 0.25) is 10.0 Å². The van der Waals surface area contributed by atoms with E-state index in [-0.39, 0.29) is 39.1 Å². The number of hydrogen-bond acceptors (Lipinski definition) is 7. The molecule has 0 spiro atoms. The number of pyridine rings is 1. The Morgan fingerprint density at radius 1 is 1.14 bits per heavy atom. The molecule has 4 rings (SSSR count). The number of hydrogen-bond donors (Lipinski definition) is 1. The van der Waals surface area contributed by atoms with E-state index in [1.165, 1.54) is 48.8 Å². The standard InChI is InChI=1S/C26H21Cl2F2NO6/c27-19-10-31-11-20(28)18(19)9-22(36-25(34)17-3-1-2-16(12-32)24(17)33)15-6-7-21(37-26(29)30)23(8-15)35-13-14-4-5-14/h1-3,6-8,10-12,14,22,26,33H,4-5,9,13H2/t22-/m0/s1. The smallest absolute Gasteiger partial charge is 0.387 e. The van der Waals surface area contributed by atoms with Crippen LogP contribution in [0.3, 0.4) is 0 Å². The van der Waals surface area contributed by atoms with E-state index in [1.54, 1.807) is 0 Å². The Bertz CT molecular complexity index is 1280. The molecule has 1 fully saturated rings. The van der Waals surface area contributed by atoms with Gasteiger partial charge in [0.15, 0.2) is 17.8 Å². The fourth-order valence-electron chi connectivity index (χ4n) is 3.58. The van der Waals surface area contributed by atoms with Gasteiger partial charge in [-0.05, 0) is 54.2 Å². The van der Waals surface area contributed by atoms with Crippen LogP contribution in [-0.2, 0) is 11.2 Å². The molecule has 1 atom stereocenters. The fraction of sp³-hybridized carbons (Fsp3) is 0.269. The van der Waals surface area contributed by atoms with E-state index in [1.807, 2.05) is 0 Å². The third kappa shape index (κ3) is 6.67. The van der Waals surface area contributed by atoms with Crippen LogP contribution < -0.4 is 9.47 Å². The number of aldehydes is 1. The Morgan fingerprint density at radius 3 is 2.51 bits per heavy atom. The number of benzene rings is 2. The summed E-state index contributed by atoms with van der Waals surface area (Å²) >= 11 is 12.6. The maximum Gasteiger partial charge on any atom is 0.387 e. The van der Waals surface area contributed by atoms with Crippen molar-refractivity contribution in [3.8, 4) is 17.2 Å². The molecule has 0 bridgehead atoms. The monoisotopic (exact) mass is 551 g/mol. The van der Waals surface area contributed by atoms with Crippen molar-refractivity contribution in [3.63, 3.8) is 0 Å². The minimum absolute atomic E-state index is 0.0167. The van der Waals surface area contributed by atoms with Gasteiger partial charge in [0.05, 0.1) is 22.2 Å². The molecule has 37 heavy (non-hydrogen) atoms. The maximum atomic E-state index is 13.1. The summed E-state index contributed by atoms with van der Waals surface area (Å²) in [5.74, 6) is -1.24. The molecular formula is C26H21Cl2F2NO6. The summed E-state index contributed by atoms with van der Waals surface area (Å²) in [7, 11) is 0. The van der Waals surface area contributed by atoms with E-state index in [4.69, 9.17) is 32.7 Å². The first-order valence-electron chi connectivity index (χ1n) is 11.2. The van der Waals surface area contributed by atoms with E-state index < -0.39 is 24.4 Å². The van der Waals surface area contributed by atoms with Gasteiger partial charge < -0.3 is 19.3 Å². The minimum atomic E-state index is -3.06. The lowest BCUT2D eigenvalue weighted by atomic mass is 10.0. The lowest BCUT2D eigenvalue weighted by molar-refractivity contribution is -0.0515. The van der Waals surface area contributed by atoms with E-state index in [2.05, 4.69) is 9.72 Å². The third-order valence-corrected chi connectivity index (χ3v) is 6.38. The summed E-state index contributed by atoms with van der Waals surface area (Å²) in [6.45, 7) is -2.74. The molecule has 0 aliphatic heterocycles. The van der Waals surface area contributed by atoms with Gasteiger partial charge in [-0.25, -0.2) is 4.79 Å². The highest BCUT2D eigenvalue weighted by Crippen LogP contribution is 2.38. The van der Waals surface area contributed by atoms with Gasteiger partial charge in [0.2, 0.25) is 0 Å². The highest BCUT2D eigenvalue weighted by molar-refractivity contribution is 6.35. The summed E-state index contributed by atoms with van der Waals surface area (Å²) in [5, 5.41) is 10.8. The molecular weight excluding hydrogens is 531 g/mol. The van der Waals surface area contributed by atoms with E-state index in [0.717, 1.165) is 12.8 Å². The molecule has 0 saturated heterocycles. The number of para-hydroxylation sites is 1. The van der Waals surface area contributed by atoms with Crippen molar-refractivity contribution in [2.75, 3.05) is 6.61 Å². The van der Waals surface area contributed by atoms with E-state index in [9.17, 15) is 23.5 Å². The molecule has 0 radical (unpaired) electrons. The molecule has 1 aromatic heterocycles. The Hall–Kier alpha value is -3.43. The van der Waals surface area contributed by atoms with Gasteiger partial charge in [0, 0.05) is 18.8 Å². The molecule has 1 heterocycles. The molecule has 194 valence electrons. The van der Waals surface area contributed by atoms with Crippen LogP contribution in [0, 0.1) is 5.92 Å². The topological polar surface area (TPSA) is 95.0 Å². The number of carbonyl (C=O) groups is 2. The summed E-state index contributed by atoms with van der Waals surface area (Å²) < 4.78 is 42.0. The molecule has 1 aliphatic carbocycles. The van der Waals surface area contributed by atoms with Crippen molar-refractivity contribution in [2.45, 2.75) is 32.0 Å². The number of phenolic OH excluding ortho intramolecular Hbond substituents is 1. The molecule has 0 amide bonds. The second-order valence-electron chi connectivity index (χ2n) is 8.38. The largest absolute Gasteiger partial charge is 0.506 e. The first-order chi connectivity index (χ1) is 17.8. The summed E-state index contributed by atoms with van der Waals surface area (Å²) in [6.07, 6.45) is 4.06. The molecule has 1 saturated carbocycles. The quantitative estimate of drug-likeness (QED) is 0.216. The fourth-order valence-corrected chi connectivity index (χ4v) is 4.10. The molecule has 1 aliphatic rings. The van der Waals surface area contributed by atoms with Crippen LogP contribution in [0.5, 0.6) is 17.2 Å². The first kappa shape index (κ1) is 26.6. The minimum Gasteiger partial charge on any atom is -0.506 e. The lowest BCUT2D eigenvalue weighted by Crippen LogP contribution is -2.16. The van der Waals surface area contributed by atoms with E-state index >= 15 is 0 Å². The number of phenols is 1. The number of halogens is 4. The zero-order chi connectivity index (χ0) is 26.5. The Kier molecular flexibility index (Phi) is 8.45. The SMILES string of the molecule is O=Cc1cccc(C(=O)O[C@@H](Cc2c(Cl)cncc2Cl)c2ccc(OC(F)F)c(OCC3CC3)c2)c1O. The molecule has 7 nitrogen and oxygen atoms in total. The zero-order valence-corrected chi connectivity index (χ0v) is 20.7. The number of esters is 1. The Morgan fingerprint density at radius 2 is 1.86 bits per heavy atom. The van der Waals surface area contributed by atoms with Crippen molar-refractivity contribution >= 4 is 35.5 Å². The first-order valence-corrected chi connectivity index (χ1v) is 12.0.